The second kappa shape index (κ2) is 4.28. The van der Waals surface area contributed by atoms with E-state index in [4.69, 9.17) is 11.6 Å². The van der Waals surface area contributed by atoms with Crippen LogP contribution in [0.3, 0.4) is 0 Å². The van der Waals surface area contributed by atoms with Crippen LogP contribution in [0.15, 0.2) is 36.5 Å². The molecule has 1 aromatic carbocycles. The highest BCUT2D eigenvalue weighted by molar-refractivity contribution is 6.32. The number of hydrogen-bond acceptors (Lipinski definition) is 2. The number of hydrogen-bond donors (Lipinski definition) is 3. The summed E-state index contributed by atoms with van der Waals surface area (Å²) in [6.45, 7) is 0.702. The number of phenols is 1. The first-order chi connectivity index (χ1) is 7.25. The molecule has 0 atom stereocenters. The van der Waals surface area contributed by atoms with E-state index in [1.807, 2.05) is 18.3 Å². The number of phenolic OH excluding ortho intramolecular Hbond substituents is 1. The van der Waals surface area contributed by atoms with Crippen LogP contribution >= 0.6 is 11.6 Å². The van der Waals surface area contributed by atoms with E-state index in [0.717, 1.165) is 11.4 Å². The van der Waals surface area contributed by atoms with Crippen LogP contribution in [0, 0.1) is 0 Å². The van der Waals surface area contributed by atoms with Crippen molar-refractivity contribution in [2.45, 2.75) is 6.54 Å². The second-order valence-corrected chi connectivity index (χ2v) is 3.62. The first-order valence-electron chi connectivity index (χ1n) is 4.60. The van der Waals surface area contributed by atoms with E-state index in [2.05, 4.69) is 10.3 Å². The minimum atomic E-state index is 0.0992. The van der Waals surface area contributed by atoms with Gasteiger partial charge in [-0.15, -0.1) is 0 Å². The molecule has 0 amide bonds. The number of benzene rings is 1. The zero-order valence-electron chi connectivity index (χ0n) is 8.00. The third kappa shape index (κ3) is 2.44. The van der Waals surface area contributed by atoms with Crippen molar-refractivity contribution < 1.29 is 5.11 Å². The molecule has 2 aromatic rings. The molecular formula is C11H11ClN2O. The molecule has 3 N–H and O–H groups in total. The molecule has 0 aliphatic rings. The van der Waals surface area contributed by atoms with Crippen LogP contribution in [0.5, 0.6) is 5.75 Å². The van der Waals surface area contributed by atoms with Crippen LogP contribution in [0.4, 0.5) is 5.69 Å². The maximum atomic E-state index is 9.23. The van der Waals surface area contributed by atoms with Crippen molar-refractivity contribution in [1.29, 1.82) is 0 Å². The fourth-order valence-electron chi connectivity index (χ4n) is 1.29. The zero-order valence-corrected chi connectivity index (χ0v) is 8.75. The number of aromatic nitrogens is 1. The Morgan fingerprint density at radius 2 is 2.20 bits per heavy atom. The fraction of sp³-hybridized carbons (Fsp3) is 0.0909. The molecule has 4 heteroatoms. The predicted molar refractivity (Wildman–Crippen MR) is 61.2 cm³/mol. The van der Waals surface area contributed by atoms with Crippen LogP contribution < -0.4 is 5.32 Å². The molecule has 0 spiro atoms. The lowest BCUT2D eigenvalue weighted by molar-refractivity contribution is 0.475. The number of anilines is 1. The van der Waals surface area contributed by atoms with E-state index in [0.29, 0.717) is 11.6 Å². The summed E-state index contributed by atoms with van der Waals surface area (Å²) in [6.07, 6.45) is 1.88. The van der Waals surface area contributed by atoms with Crippen molar-refractivity contribution in [3.05, 3.63) is 47.2 Å². The van der Waals surface area contributed by atoms with Gasteiger partial charge in [-0.2, -0.15) is 0 Å². The van der Waals surface area contributed by atoms with E-state index < -0.39 is 0 Å². The number of H-pyrrole nitrogens is 1. The van der Waals surface area contributed by atoms with Crippen molar-refractivity contribution in [2.75, 3.05) is 5.32 Å². The van der Waals surface area contributed by atoms with Crippen molar-refractivity contribution in [3.63, 3.8) is 0 Å². The molecule has 1 heterocycles. The highest BCUT2D eigenvalue weighted by Crippen LogP contribution is 2.26. The highest BCUT2D eigenvalue weighted by atomic mass is 35.5. The summed E-state index contributed by atoms with van der Waals surface area (Å²) in [5.74, 6) is 0.0992. The van der Waals surface area contributed by atoms with Gasteiger partial charge in [0.05, 0.1) is 11.6 Å². The minimum absolute atomic E-state index is 0.0992. The Labute approximate surface area is 92.7 Å². The molecule has 0 aliphatic carbocycles. The fourth-order valence-corrected chi connectivity index (χ4v) is 1.47. The summed E-state index contributed by atoms with van der Waals surface area (Å²) >= 11 is 5.78. The predicted octanol–water partition coefficient (Wildman–Crippen LogP) is 2.99. The van der Waals surface area contributed by atoms with Gasteiger partial charge in [0.15, 0.2) is 0 Å². The van der Waals surface area contributed by atoms with Crippen molar-refractivity contribution in [1.82, 2.24) is 4.98 Å². The molecule has 0 saturated heterocycles. The Balaban J connectivity index is 2.02. The van der Waals surface area contributed by atoms with Gasteiger partial charge >= 0.3 is 0 Å². The Kier molecular flexibility index (Phi) is 2.83. The normalized spacial score (nSPS) is 10.2. The number of aromatic amines is 1. The van der Waals surface area contributed by atoms with E-state index in [9.17, 15) is 5.11 Å². The molecule has 0 aliphatic heterocycles. The van der Waals surface area contributed by atoms with Gasteiger partial charge in [0, 0.05) is 17.6 Å². The second-order valence-electron chi connectivity index (χ2n) is 3.22. The van der Waals surface area contributed by atoms with Crippen LogP contribution in [0.25, 0.3) is 0 Å². The Bertz CT molecular complexity index is 440. The van der Waals surface area contributed by atoms with Crippen molar-refractivity contribution in [2.24, 2.45) is 0 Å². The molecule has 15 heavy (non-hydrogen) atoms. The molecule has 0 unspecified atom stereocenters. The lowest BCUT2D eigenvalue weighted by atomic mass is 10.3. The summed E-state index contributed by atoms with van der Waals surface area (Å²) in [5, 5.41) is 12.8. The lowest BCUT2D eigenvalue weighted by Crippen LogP contribution is -1.99. The SMILES string of the molecule is Oc1ccc(NCc2ccc[nH]2)cc1Cl. The average molecular weight is 223 g/mol. The third-order valence-corrected chi connectivity index (χ3v) is 2.40. The number of rotatable bonds is 3. The van der Waals surface area contributed by atoms with Crippen LogP contribution in [-0.2, 0) is 6.54 Å². The van der Waals surface area contributed by atoms with Gasteiger partial charge in [0.2, 0.25) is 0 Å². The zero-order chi connectivity index (χ0) is 10.7. The average Bonchev–Trinajstić information content (AvgIpc) is 2.73. The summed E-state index contributed by atoms with van der Waals surface area (Å²) in [6, 6.07) is 8.99. The van der Waals surface area contributed by atoms with Gasteiger partial charge in [-0.3, -0.25) is 0 Å². The Morgan fingerprint density at radius 3 is 2.87 bits per heavy atom. The monoisotopic (exact) mass is 222 g/mol. The van der Waals surface area contributed by atoms with E-state index >= 15 is 0 Å². The molecule has 2 rings (SSSR count). The van der Waals surface area contributed by atoms with Crippen LogP contribution in [0.2, 0.25) is 5.02 Å². The number of aromatic hydroxyl groups is 1. The van der Waals surface area contributed by atoms with E-state index in [-0.39, 0.29) is 5.75 Å². The van der Waals surface area contributed by atoms with E-state index in [1.165, 1.54) is 0 Å². The smallest absolute Gasteiger partial charge is 0.134 e. The topological polar surface area (TPSA) is 48.0 Å². The summed E-state index contributed by atoms with van der Waals surface area (Å²) < 4.78 is 0. The summed E-state index contributed by atoms with van der Waals surface area (Å²) in [4.78, 5) is 3.09. The molecule has 0 fully saturated rings. The maximum absolute atomic E-state index is 9.23. The van der Waals surface area contributed by atoms with Gasteiger partial charge in [0.25, 0.3) is 0 Å². The maximum Gasteiger partial charge on any atom is 0.134 e. The van der Waals surface area contributed by atoms with Crippen molar-refractivity contribution in [3.8, 4) is 5.75 Å². The molecule has 0 saturated carbocycles. The lowest BCUT2D eigenvalue weighted by Gasteiger charge is -2.06. The quantitative estimate of drug-likeness (QED) is 0.700. The van der Waals surface area contributed by atoms with Gasteiger partial charge < -0.3 is 15.4 Å². The molecule has 0 radical (unpaired) electrons. The molecule has 0 bridgehead atoms. The number of nitrogens with one attached hydrogen (secondary N) is 2. The summed E-state index contributed by atoms with van der Waals surface area (Å²) in [7, 11) is 0. The van der Waals surface area contributed by atoms with Gasteiger partial charge in [-0.1, -0.05) is 11.6 Å². The third-order valence-electron chi connectivity index (χ3n) is 2.09. The van der Waals surface area contributed by atoms with Crippen molar-refractivity contribution >= 4 is 17.3 Å². The minimum Gasteiger partial charge on any atom is -0.506 e. The van der Waals surface area contributed by atoms with Gasteiger partial charge in [-0.25, -0.2) is 0 Å². The Morgan fingerprint density at radius 1 is 1.33 bits per heavy atom. The molecule has 78 valence electrons. The number of halogens is 1. The van der Waals surface area contributed by atoms with Gasteiger partial charge in [-0.05, 0) is 30.3 Å². The standard InChI is InChI=1S/C11H11ClN2O/c12-10-6-8(3-4-11(10)15)14-7-9-2-1-5-13-9/h1-6,13-15H,7H2. The first-order valence-corrected chi connectivity index (χ1v) is 4.98. The van der Waals surface area contributed by atoms with E-state index in [1.54, 1.807) is 18.2 Å². The van der Waals surface area contributed by atoms with Gasteiger partial charge in [0.1, 0.15) is 5.75 Å². The molecule has 1 aromatic heterocycles. The summed E-state index contributed by atoms with van der Waals surface area (Å²) in [5.41, 5.74) is 1.98. The Hall–Kier alpha value is -1.61. The molecule has 3 nitrogen and oxygen atoms in total. The molecular weight excluding hydrogens is 212 g/mol. The van der Waals surface area contributed by atoms with Crippen LogP contribution in [0.1, 0.15) is 5.69 Å². The first kappa shape index (κ1) is 9.93. The highest BCUT2D eigenvalue weighted by Gasteiger charge is 1.99. The van der Waals surface area contributed by atoms with Crippen LogP contribution in [-0.4, -0.2) is 10.1 Å². The largest absolute Gasteiger partial charge is 0.506 e.